The number of rotatable bonds is 6. The van der Waals surface area contributed by atoms with E-state index in [0.29, 0.717) is 6.54 Å². The molecule has 2 N–H and O–H groups in total. The molecular weight excluding hydrogens is 248 g/mol. The third-order valence-electron chi connectivity index (χ3n) is 2.62. The van der Waals surface area contributed by atoms with Crippen molar-refractivity contribution in [2.24, 2.45) is 0 Å². The van der Waals surface area contributed by atoms with Gasteiger partial charge in [0.15, 0.2) is 0 Å². The van der Waals surface area contributed by atoms with E-state index in [0.717, 1.165) is 17.0 Å². The van der Waals surface area contributed by atoms with E-state index in [1.165, 1.54) is 0 Å². The van der Waals surface area contributed by atoms with Crippen LogP contribution in [0.3, 0.4) is 0 Å². The third-order valence-corrected chi connectivity index (χ3v) is 2.85. The lowest BCUT2D eigenvalue weighted by molar-refractivity contribution is -0.120. The highest BCUT2D eigenvalue weighted by Crippen LogP contribution is 2.19. The van der Waals surface area contributed by atoms with Gasteiger partial charge in [-0.3, -0.25) is 4.79 Å². The van der Waals surface area contributed by atoms with E-state index in [2.05, 4.69) is 17.6 Å². The Bertz CT molecular complexity index is 393. The summed E-state index contributed by atoms with van der Waals surface area (Å²) in [7, 11) is 0. The molecular formula is C14H21ClN2O. The summed E-state index contributed by atoms with van der Waals surface area (Å²) in [6, 6.07) is 8.06. The Kier molecular flexibility index (Phi) is 6.16. The van der Waals surface area contributed by atoms with Gasteiger partial charge in [-0.05, 0) is 38.0 Å². The largest absolute Gasteiger partial charge is 0.353 e. The Labute approximate surface area is 114 Å². The van der Waals surface area contributed by atoms with Crippen LogP contribution in [0.5, 0.6) is 0 Å². The van der Waals surface area contributed by atoms with Gasteiger partial charge >= 0.3 is 0 Å². The highest BCUT2D eigenvalue weighted by atomic mass is 35.5. The zero-order valence-corrected chi connectivity index (χ0v) is 11.9. The van der Waals surface area contributed by atoms with Gasteiger partial charge in [0, 0.05) is 17.1 Å². The van der Waals surface area contributed by atoms with Gasteiger partial charge in [-0.2, -0.15) is 0 Å². The summed E-state index contributed by atoms with van der Waals surface area (Å²) in [5.41, 5.74) is 1.11. The minimum atomic E-state index is 0.0190. The van der Waals surface area contributed by atoms with Gasteiger partial charge in [-0.1, -0.05) is 30.7 Å². The molecule has 100 valence electrons. The molecule has 0 aliphatic heterocycles. The van der Waals surface area contributed by atoms with Crippen LogP contribution in [0.25, 0.3) is 0 Å². The Morgan fingerprint density at radius 2 is 2.11 bits per heavy atom. The standard InChI is InChI=1S/C14H21ClN2O/c1-4-13(11-6-5-7-12(15)8-11)16-9-14(18)17-10(2)3/h5-8,10,13,16H,4,9H2,1-3H3,(H,17,18)/t13-/m1/s1. The maximum atomic E-state index is 11.6. The van der Waals surface area contributed by atoms with E-state index in [1.807, 2.05) is 38.1 Å². The van der Waals surface area contributed by atoms with Gasteiger partial charge in [0.05, 0.1) is 6.54 Å². The first-order valence-corrected chi connectivity index (χ1v) is 6.69. The molecule has 0 aliphatic rings. The van der Waals surface area contributed by atoms with Crippen LogP contribution < -0.4 is 10.6 Å². The van der Waals surface area contributed by atoms with Gasteiger partial charge in [-0.15, -0.1) is 0 Å². The van der Waals surface area contributed by atoms with Gasteiger partial charge in [-0.25, -0.2) is 0 Å². The molecule has 1 amide bonds. The molecule has 0 aromatic heterocycles. The van der Waals surface area contributed by atoms with Gasteiger partial charge in [0.1, 0.15) is 0 Å². The maximum absolute atomic E-state index is 11.6. The van der Waals surface area contributed by atoms with E-state index in [9.17, 15) is 4.79 Å². The SMILES string of the molecule is CC[C@@H](NCC(=O)NC(C)C)c1cccc(Cl)c1. The number of carbonyl (C=O) groups excluding carboxylic acids is 1. The monoisotopic (exact) mass is 268 g/mol. The lowest BCUT2D eigenvalue weighted by Gasteiger charge is -2.18. The second kappa shape index (κ2) is 7.39. The van der Waals surface area contributed by atoms with Crippen molar-refractivity contribution in [1.82, 2.24) is 10.6 Å². The zero-order chi connectivity index (χ0) is 13.5. The summed E-state index contributed by atoms with van der Waals surface area (Å²) in [6.07, 6.45) is 0.912. The zero-order valence-electron chi connectivity index (χ0n) is 11.2. The first-order chi connectivity index (χ1) is 8.52. The summed E-state index contributed by atoms with van der Waals surface area (Å²) in [6.45, 7) is 6.31. The number of nitrogens with one attached hydrogen (secondary N) is 2. The van der Waals surface area contributed by atoms with Crippen LogP contribution in [0.15, 0.2) is 24.3 Å². The van der Waals surface area contributed by atoms with Crippen LogP contribution in [-0.4, -0.2) is 18.5 Å². The maximum Gasteiger partial charge on any atom is 0.234 e. The van der Waals surface area contributed by atoms with E-state index in [1.54, 1.807) is 0 Å². The molecule has 0 saturated heterocycles. The second-order valence-corrected chi connectivity index (χ2v) is 5.06. The molecule has 1 aromatic carbocycles. The number of carbonyl (C=O) groups is 1. The van der Waals surface area contributed by atoms with Gasteiger partial charge in [0.25, 0.3) is 0 Å². The summed E-state index contributed by atoms with van der Waals surface area (Å²) < 4.78 is 0. The molecule has 0 bridgehead atoms. The minimum absolute atomic E-state index is 0.0190. The fraction of sp³-hybridized carbons (Fsp3) is 0.500. The van der Waals surface area contributed by atoms with Crippen LogP contribution in [0.4, 0.5) is 0 Å². The first kappa shape index (κ1) is 15.0. The molecule has 4 heteroatoms. The highest BCUT2D eigenvalue weighted by molar-refractivity contribution is 6.30. The van der Waals surface area contributed by atoms with Crippen LogP contribution in [0, 0.1) is 0 Å². The average Bonchev–Trinajstić information content (AvgIpc) is 2.29. The van der Waals surface area contributed by atoms with Crippen molar-refractivity contribution in [1.29, 1.82) is 0 Å². The highest BCUT2D eigenvalue weighted by Gasteiger charge is 2.11. The molecule has 0 radical (unpaired) electrons. The quantitative estimate of drug-likeness (QED) is 0.833. The molecule has 0 fully saturated rings. The molecule has 1 aromatic rings. The Morgan fingerprint density at radius 3 is 2.67 bits per heavy atom. The lowest BCUT2D eigenvalue weighted by atomic mass is 10.0. The normalized spacial score (nSPS) is 12.5. The summed E-state index contributed by atoms with van der Waals surface area (Å²) >= 11 is 5.97. The van der Waals surface area contributed by atoms with E-state index < -0.39 is 0 Å². The van der Waals surface area contributed by atoms with Gasteiger partial charge in [0.2, 0.25) is 5.91 Å². The second-order valence-electron chi connectivity index (χ2n) is 4.62. The summed E-state index contributed by atoms with van der Waals surface area (Å²) in [5, 5.41) is 6.83. The van der Waals surface area contributed by atoms with Crippen LogP contribution in [0.1, 0.15) is 38.8 Å². The molecule has 0 saturated carbocycles. The van der Waals surface area contributed by atoms with Crippen molar-refractivity contribution < 1.29 is 4.79 Å². The van der Waals surface area contributed by atoms with Crippen molar-refractivity contribution in [3.63, 3.8) is 0 Å². The summed E-state index contributed by atoms with van der Waals surface area (Å²) in [4.78, 5) is 11.6. The number of amides is 1. The lowest BCUT2D eigenvalue weighted by Crippen LogP contribution is -2.38. The molecule has 1 atom stereocenters. The van der Waals surface area contributed by atoms with Crippen LogP contribution in [0.2, 0.25) is 5.02 Å². The molecule has 0 spiro atoms. The fourth-order valence-corrected chi connectivity index (χ4v) is 2.01. The Morgan fingerprint density at radius 1 is 1.39 bits per heavy atom. The van der Waals surface area contributed by atoms with Crippen molar-refractivity contribution in [2.75, 3.05) is 6.54 Å². The molecule has 0 heterocycles. The summed E-state index contributed by atoms with van der Waals surface area (Å²) in [5.74, 6) is 0.0190. The number of hydrogen-bond donors (Lipinski definition) is 2. The number of halogens is 1. The fourth-order valence-electron chi connectivity index (χ4n) is 1.81. The van der Waals surface area contributed by atoms with Crippen molar-refractivity contribution in [2.45, 2.75) is 39.3 Å². The Hall–Kier alpha value is -1.06. The molecule has 3 nitrogen and oxygen atoms in total. The predicted molar refractivity (Wildman–Crippen MR) is 75.8 cm³/mol. The molecule has 0 unspecified atom stereocenters. The first-order valence-electron chi connectivity index (χ1n) is 6.31. The van der Waals surface area contributed by atoms with Crippen molar-refractivity contribution >= 4 is 17.5 Å². The molecule has 18 heavy (non-hydrogen) atoms. The average molecular weight is 269 g/mol. The Balaban J connectivity index is 2.55. The van der Waals surface area contributed by atoms with Crippen molar-refractivity contribution in [3.05, 3.63) is 34.9 Å². The molecule has 0 aliphatic carbocycles. The van der Waals surface area contributed by atoms with Crippen LogP contribution in [-0.2, 0) is 4.79 Å². The minimum Gasteiger partial charge on any atom is -0.353 e. The third kappa shape index (κ3) is 5.07. The molecule has 1 rings (SSSR count). The van der Waals surface area contributed by atoms with E-state index >= 15 is 0 Å². The van der Waals surface area contributed by atoms with Crippen molar-refractivity contribution in [3.8, 4) is 0 Å². The van der Waals surface area contributed by atoms with Crippen LogP contribution >= 0.6 is 11.6 Å². The predicted octanol–water partition coefficient (Wildman–Crippen LogP) is 2.91. The van der Waals surface area contributed by atoms with E-state index in [-0.39, 0.29) is 18.0 Å². The smallest absolute Gasteiger partial charge is 0.234 e. The van der Waals surface area contributed by atoms with Gasteiger partial charge < -0.3 is 10.6 Å². The van der Waals surface area contributed by atoms with E-state index in [4.69, 9.17) is 11.6 Å². The number of benzene rings is 1. The topological polar surface area (TPSA) is 41.1 Å². The number of hydrogen-bond acceptors (Lipinski definition) is 2.